The van der Waals surface area contributed by atoms with Gasteiger partial charge in [-0.3, -0.25) is 0 Å². The molecular formula is C15H23NO. The van der Waals surface area contributed by atoms with Crippen molar-refractivity contribution in [3.8, 4) is 5.75 Å². The minimum absolute atomic E-state index is 0.459. The maximum atomic E-state index is 5.54. The van der Waals surface area contributed by atoms with Crippen molar-refractivity contribution < 1.29 is 4.74 Å². The smallest absolute Gasteiger partial charge is 0.123 e. The molecule has 1 aromatic carbocycles. The summed E-state index contributed by atoms with van der Waals surface area (Å²) >= 11 is 0. The maximum absolute atomic E-state index is 5.54. The van der Waals surface area contributed by atoms with Crippen LogP contribution in [0.5, 0.6) is 5.75 Å². The van der Waals surface area contributed by atoms with Gasteiger partial charge in [-0.2, -0.15) is 0 Å². The average molecular weight is 233 g/mol. The fourth-order valence-electron chi connectivity index (χ4n) is 2.52. The summed E-state index contributed by atoms with van der Waals surface area (Å²) in [5, 5.41) is 3.57. The predicted octanol–water partition coefficient (Wildman–Crippen LogP) is 3.49. The zero-order valence-corrected chi connectivity index (χ0v) is 11.3. The second-order valence-corrected chi connectivity index (χ2v) is 5.46. The summed E-state index contributed by atoms with van der Waals surface area (Å²) in [4.78, 5) is 0. The molecular weight excluding hydrogens is 210 g/mol. The number of methoxy groups -OCH3 is 1. The van der Waals surface area contributed by atoms with Gasteiger partial charge in [-0.25, -0.2) is 0 Å². The first-order chi connectivity index (χ1) is 8.11. The minimum Gasteiger partial charge on any atom is -0.496 e. The van der Waals surface area contributed by atoms with Crippen molar-refractivity contribution in [2.75, 3.05) is 13.7 Å². The Hall–Kier alpha value is -1.02. The molecule has 2 nitrogen and oxygen atoms in total. The first-order valence-corrected chi connectivity index (χ1v) is 6.53. The van der Waals surface area contributed by atoms with Crippen LogP contribution in [0, 0.1) is 5.92 Å². The van der Waals surface area contributed by atoms with E-state index in [9.17, 15) is 0 Å². The van der Waals surface area contributed by atoms with Crippen molar-refractivity contribution in [3.05, 3.63) is 29.3 Å². The molecule has 0 aromatic heterocycles. The van der Waals surface area contributed by atoms with Crippen LogP contribution in [-0.4, -0.2) is 13.7 Å². The molecule has 1 aliphatic rings. The molecule has 1 aliphatic heterocycles. The van der Waals surface area contributed by atoms with E-state index in [1.807, 2.05) is 0 Å². The van der Waals surface area contributed by atoms with Gasteiger partial charge in [-0.15, -0.1) is 0 Å². The van der Waals surface area contributed by atoms with Gasteiger partial charge in [0, 0.05) is 11.6 Å². The Morgan fingerprint density at radius 1 is 1.35 bits per heavy atom. The molecule has 1 N–H and O–H groups in total. The number of hydrogen-bond donors (Lipinski definition) is 1. The van der Waals surface area contributed by atoms with Gasteiger partial charge in [-0.05, 0) is 36.4 Å². The van der Waals surface area contributed by atoms with Crippen molar-refractivity contribution in [2.45, 2.75) is 39.2 Å². The van der Waals surface area contributed by atoms with Crippen LogP contribution in [0.15, 0.2) is 18.2 Å². The second-order valence-electron chi connectivity index (χ2n) is 5.46. The SMILES string of the molecule is COc1cc(C(C)C)ccc1[C@H]1C[C@@H](C)CN1. The average Bonchev–Trinajstić information content (AvgIpc) is 2.74. The van der Waals surface area contributed by atoms with Crippen molar-refractivity contribution in [3.63, 3.8) is 0 Å². The summed E-state index contributed by atoms with van der Waals surface area (Å²) in [7, 11) is 1.77. The summed E-state index contributed by atoms with van der Waals surface area (Å²) in [6.45, 7) is 7.83. The van der Waals surface area contributed by atoms with Gasteiger partial charge in [0.1, 0.15) is 5.75 Å². The van der Waals surface area contributed by atoms with Crippen LogP contribution in [0.2, 0.25) is 0 Å². The van der Waals surface area contributed by atoms with Gasteiger partial charge >= 0.3 is 0 Å². The zero-order chi connectivity index (χ0) is 12.4. The third-order valence-electron chi connectivity index (χ3n) is 3.65. The summed E-state index contributed by atoms with van der Waals surface area (Å²) in [5.41, 5.74) is 2.65. The molecule has 0 bridgehead atoms. The lowest BCUT2D eigenvalue weighted by Gasteiger charge is -2.17. The molecule has 0 unspecified atom stereocenters. The maximum Gasteiger partial charge on any atom is 0.123 e. The monoisotopic (exact) mass is 233 g/mol. The quantitative estimate of drug-likeness (QED) is 0.863. The summed E-state index contributed by atoms with van der Waals surface area (Å²) < 4.78 is 5.54. The van der Waals surface area contributed by atoms with Crippen molar-refractivity contribution in [1.29, 1.82) is 0 Å². The second kappa shape index (κ2) is 5.09. The Morgan fingerprint density at radius 3 is 2.65 bits per heavy atom. The molecule has 17 heavy (non-hydrogen) atoms. The number of nitrogens with one attached hydrogen (secondary N) is 1. The van der Waals surface area contributed by atoms with E-state index in [0.717, 1.165) is 18.2 Å². The van der Waals surface area contributed by atoms with Crippen LogP contribution in [0.1, 0.15) is 50.3 Å². The zero-order valence-electron chi connectivity index (χ0n) is 11.3. The third-order valence-corrected chi connectivity index (χ3v) is 3.65. The third kappa shape index (κ3) is 2.63. The van der Waals surface area contributed by atoms with Crippen LogP contribution in [0.25, 0.3) is 0 Å². The minimum atomic E-state index is 0.459. The number of hydrogen-bond acceptors (Lipinski definition) is 2. The Morgan fingerprint density at radius 2 is 2.12 bits per heavy atom. The van der Waals surface area contributed by atoms with Crippen LogP contribution in [-0.2, 0) is 0 Å². The van der Waals surface area contributed by atoms with Gasteiger partial charge in [0.25, 0.3) is 0 Å². The van der Waals surface area contributed by atoms with E-state index in [1.54, 1.807) is 7.11 Å². The predicted molar refractivity (Wildman–Crippen MR) is 71.6 cm³/mol. The lowest BCUT2D eigenvalue weighted by Crippen LogP contribution is -2.14. The van der Waals surface area contributed by atoms with E-state index in [1.165, 1.54) is 17.5 Å². The highest BCUT2D eigenvalue weighted by molar-refractivity contribution is 5.41. The van der Waals surface area contributed by atoms with Gasteiger partial charge in [0.15, 0.2) is 0 Å². The molecule has 0 radical (unpaired) electrons. The van der Waals surface area contributed by atoms with Gasteiger partial charge < -0.3 is 10.1 Å². The Bertz CT molecular complexity index is 387. The standard InChI is InChI=1S/C15H23NO/c1-10(2)12-5-6-13(15(8-12)17-4)14-7-11(3)9-16-14/h5-6,8,10-11,14,16H,7,9H2,1-4H3/t11-,14-/m1/s1. The van der Waals surface area contributed by atoms with E-state index in [0.29, 0.717) is 12.0 Å². The fourth-order valence-corrected chi connectivity index (χ4v) is 2.52. The normalized spacial score (nSPS) is 24.3. The molecule has 2 rings (SSSR count). The van der Waals surface area contributed by atoms with E-state index >= 15 is 0 Å². The first kappa shape index (κ1) is 12.4. The van der Waals surface area contributed by atoms with E-state index in [-0.39, 0.29) is 0 Å². The van der Waals surface area contributed by atoms with Gasteiger partial charge in [-0.1, -0.05) is 32.9 Å². The molecule has 1 aromatic rings. The molecule has 94 valence electrons. The fraction of sp³-hybridized carbons (Fsp3) is 0.600. The number of ether oxygens (including phenoxy) is 1. The molecule has 0 aliphatic carbocycles. The van der Waals surface area contributed by atoms with Crippen molar-refractivity contribution >= 4 is 0 Å². The Labute approximate surface area is 104 Å². The largest absolute Gasteiger partial charge is 0.496 e. The Kier molecular flexibility index (Phi) is 3.72. The first-order valence-electron chi connectivity index (χ1n) is 6.53. The van der Waals surface area contributed by atoms with E-state index in [4.69, 9.17) is 4.74 Å². The van der Waals surface area contributed by atoms with Crippen LogP contribution >= 0.6 is 0 Å². The highest BCUT2D eigenvalue weighted by Gasteiger charge is 2.24. The molecule has 1 heterocycles. The molecule has 0 amide bonds. The Balaban J connectivity index is 2.28. The lowest BCUT2D eigenvalue weighted by molar-refractivity contribution is 0.402. The van der Waals surface area contributed by atoms with Crippen LogP contribution in [0.4, 0.5) is 0 Å². The molecule has 1 fully saturated rings. The van der Waals surface area contributed by atoms with Crippen molar-refractivity contribution in [1.82, 2.24) is 5.32 Å². The summed E-state index contributed by atoms with van der Waals surface area (Å²) in [6.07, 6.45) is 1.21. The lowest BCUT2D eigenvalue weighted by atomic mass is 9.96. The van der Waals surface area contributed by atoms with Gasteiger partial charge in [0.05, 0.1) is 7.11 Å². The molecule has 0 saturated carbocycles. The number of benzene rings is 1. The topological polar surface area (TPSA) is 21.3 Å². The molecule has 0 spiro atoms. The number of rotatable bonds is 3. The van der Waals surface area contributed by atoms with Crippen molar-refractivity contribution in [2.24, 2.45) is 5.92 Å². The molecule has 2 heteroatoms. The summed E-state index contributed by atoms with van der Waals surface area (Å²) in [6, 6.07) is 7.10. The van der Waals surface area contributed by atoms with Gasteiger partial charge in [0.2, 0.25) is 0 Å². The highest BCUT2D eigenvalue weighted by atomic mass is 16.5. The van der Waals surface area contributed by atoms with E-state index in [2.05, 4.69) is 44.3 Å². The van der Waals surface area contributed by atoms with Crippen LogP contribution < -0.4 is 10.1 Å². The molecule has 1 saturated heterocycles. The van der Waals surface area contributed by atoms with E-state index < -0.39 is 0 Å². The highest BCUT2D eigenvalue weighted by Crippen LogP contribution is 2.34. The van der Waals surface area contributed by atoms with Crippen LogP contribution in [0.3, 0.4) is 0 Å². The summed E-state index contributed by atoms with van der Waals surface area (Å²) in [5.74, 6) is 2.34. The molecule has 2 atom stereocenters.